The van der Waals surface area contributed by atoms with Crippen LogP contribution in [0, 0.1) is 13.8 Å². The van der Waals surface area contributed by atoms with Crippen LogP contribution in [0.4, 0.5) is 0 Å². The third kappa shape index (κ3) is 2.96. The van der Waals surface area contributed by atoms with E-state index in [4.69, 9.17) is 4.65 Å². The second kappa shape index (κ2) is 6.03. The fourth-order valence-electron chi connectivity index (χ4n) is 2.84. The van der Waals surface area contributed by atoms with Gasteiger partial charge in [-0.1, -0.05) is 18.2 Å². The predicted octanol–water partition coefficient (Wildman–Crippen LogP) is 1.38. The lowest BCUT2D eigenvalue weighted by Gasteiger charge is -2.19. The zero-order valence-electron chi connectivity index (χ0n) is 12.8. The standard InChI is InChI=1S/C17H18BNO3/c1-11-3-6-15(12(2)19-11)17(20)10-13-4-5-14-7-8-22-18(21)16(14)9-13/h3-6,9,21H,7-8,10H2,1-2H3. The molecule has 2 aromatic rings. The molecule has 1 aliphatic rings. The highest BCUT2D eigenvalue weighted by Crippen LogP contribution is 2.14. The van der Waals surface area contributed by atoms with Gasteiger partial charge in [-0.3, -0.25) is 9.78 Å². The number of Topliss-reactive ketones (excluding diaryl/α,β-unsaturated/α-hetero) is 1. The fraction of sp³-hybridized carbons (Fsp3) is 0.294. The van der Waals surface area contributed by atoms with Gasteiger partial charge in [0.1, 0.15) is 0 Å². The number of carbonyl (C=O) groups is 1. The molecular formula is C17H18BNO3. The lowest BCUT2D eigenvalue weighted by atomic mass is 9.72. The summed E-state index contributed by atoms with van der Waals surface area (Å²) in [7, 11) is -0.887. The van der Waals surface area contributed by atoms with Crippen LogP contribution in [0.15, 0.2) is 30.3 Å². The Kier molecular flexibility index (Phi) is 4.09. The molecule has 0 saturated heterocycles. The lowest BCUT2D eigenvalue weighted by molar-refractivity contribution is 0.0992. The molecule has 5 heteroatoms. The Labute approximate surface area is 130 Å². The molecule has 0 radical (unpaired) electrons. The van der Waals surface area contributed by atoms with Crippen LogP contribution in [-0.4, -0.2) is 29.5 Å². The van der Waals surface area contributed by atoms with Crippen molar-refractivity contribution in [1.82, 2.24) is 4.98 Å². The second-order valence-electron chi connectivity index (χ2n) is 5.69. The summed E-state index contributed by atoms with van der Waals surface area (Å²) in [6.45, 7) is 4.29. The van der Waals surface area contributed by atoms with Crippen molar-refractivity contribution in [1.29, 1.82) is 0 Å². The van der Waals surface area contributed by atoms with Crippen LogP contribution in [0.2, 0.25) is 0 Å². The van der Waals surface area contributed by atoms with Gasteiger partial charge in [-0.2, -0.15) is 0 Å². The first kappa shape index (κ1) is 14.9. The normalized spacial score (nSPS) is 13.9. The van der Waals surface area contributed by atoms with Crippen molar-refractivity contribution >= 4 is 18.4 Å². The van der Waals surface area contributed by atoms with Crippen molar-refractivity contribution in [3.05, 3.63) is 58.4 Å². The zero-order chi connectivity index (χ0) is 15.7. The SMILES string of the molecule is Cc1ccc(C(=O)Cc2ccc3c(c2)B(O)OCC3)c(C)n1. The minimum atomic E-state index is -0.887. The van der Waals surface area contributed by atoms with Crippen molar-refractivity contribution < 1.29 is 14.5 Å². The van der Waals surface area contributed by atoms with E-state index in [0.717, 1.165) is 34.4 Å². The van der Waals surface area contributed by atoms with Gasteiger partial charge < -0.3 is 9.68 Å². The average Bonchev–Trinajstić information content (AvgIpc) is 2.48. The smallest absolute Gasteiger partial charge is 0.423 e. The van der Waals surface area contributed by atoms with Crippen LogP contribution in [0.1, 0.15) is 32.9 Å². The van der Waals surface area contributed by atoms with Crippen LogP contribution in [0.5, 0.6) is 0 Å². The molecule has 1 aromatic carbocycles. The maximum atomic E-state index is 12.5. The van der Waals surface area contributed by atoms with Gasteiger partial charge in [0.15, 0.2) is 5.78 Å². The summed E-state index contributed by atoms with van der Waals surface area (Å²) in [5, 5.41) is 9.89. The summed E-state index contributed by atoms with van der Waals surface area (Å²) in [5.41, 5.74) is 5.06. The molecule has 0 aliphatic carbocycles. The number of aryl methyl sites for hydroxylation is 2. The van der Waals surface area contributed by atoms with E-state index in [2.05, 4.69) is 4.98 Å². The van der Waals surface area contributed by atoms with Crippen molar-refractivity contribution in [3.63, 3.8) is 0 Å². The van der Waals surface area contributed by atoms with Crippen molar-refractivity contribution in [2.75, 3.05) is 6.61 Å². The third-order valence-electron chi connectivity index (χ3n) is 4.01. The Morgan fingerprint density at radius 3 is 2.91 bits per heavy atom. The minimum absolute atomic E-state index is 0.0381. The van der Waals surface area contributed by atoms with E-state index in [1.807, 2.05) is 44.2 Å². The Balaban J connectivity index is 1.84. The zero-order valence-corrected chi connectivity index (χ0v) is 12.8. The predicted molar refractivity (Wildman–Crippen MR) is 85.5 cm³/mol. The topological polar surface area (TPSA) is 59.4 Å². The number of ketones is 1. The van der Waals surface area contributed by atoms with Crippen LogP contribution in [0.3, 0.4) is 0 Å². The summed E-state index contributed by atoms with van der Waals surface area (Å²) in [6.07, 6.45) is 1.09. The van der Waals surface area contributed by atoms with E-state index < -0.39 is 7.12 Å². The number of hydrogen-bond acceptors (Lipinski definition) is 4. The second-order valence-corrected chi connectivity index (χ2v) is 5.69. The molecule has 0 spiro atoms. The lowest BCUT2D eigenvalue weighted by Crippen LogP contribution is -2.41. The maximum absolute atomic E-state index is 12.5. The molecule has 3 rings (SSSR count). The molecule has 0 fully saturated rings. The molecule has 2 heterocycles. The quantitative estimate of drug-likeness (QED) is 0.686. The number of fused-ring (bicyclic) bond motifs is 1. The molecule has 1 N–H and O–H groups in total. The molecule has 0 bridgehead atoms. The molecule has 0 amide bonds. The van der Waals surface area contributed by atoms with Crippen LogP contribution >= 0.6 is 0 Å². The summed E-state index contributed by atoms with van der Waals surface area (Å²) >= 11 is 0. The fourth-order valence-corrected chi connectivity index (χ4v) is 2.84. The monoisotopic (exact) mass is 295 g/mol. The number of pyridine rings is 1. The molecule has 22 heavy (non-hydrogen) atoms. The molecule has 0 saturated carbocycles. The average molecular weight is 295 g/mol. The molecule has 0 unspecified atom stereocenters. The van der Waals surface area contributed by atoms with Gasteiger partial charge in [0.25, 0.3) is 0 Å². The van der Waals surface area contributed by atoms with Crippen molar-refractivity contribution in [2.24, 2.45) is 0 Å². The maximum Gasteiger partial charge on any atom is 0.491 e. The minimum Gasteiger partial charge on any atom is -0.423 e. The first-order valence-corrected chi connectivity index (χ1v) is 7.43. The molecule has 1 aliphatic heterocycles. The highest BCUT2D eigenvalue weighted by atomic mass is 16.5. The van der Waals surface area contributed by atoms with E-state index >= 15 is 0 Å². The van der Waals surface area contributed by atoms with E-state index in [1.54, 1.807) is 0 Å². The van der Waals surface area contributed by atoms with Crippen LogP contribution < -0.4 is 5.46 Å². The largest absolute Gasteiger partial charge is 0.491 e. The van der Waals surface area contributed by atoms with Gasteiger partial charge in [0.2, 0.25) is 0 Å². The Morgan fingerprint density at radius 1 is 1.32 bits per heavy atom. The van der Waals surface area contributed by atoms with Crippen LogP contribution in [-0.2, 0) is 17.5 Å². The van der Waals surface area contributed by atoms with Gasteiger partial charge in [-0.05, 0) is 49.0 Å². The summed E-state index contributed by atoms with van der Waals surface area (Å²) in [5.74, 6) is 0.0381. The molecular weight excluding hydrogens is 277 g/mol. The number of aromatic nitrogens is 1. The van der Waals surface area contributed by atoms with Gasteiger partial charge in [-0.25, -0.2) is 0 Å². The molecule has 1 aromatic heterocycles. The van der Waals surface area contributed by atoms with E-state index in [0.29, 0.717) is 18.6 Å². The molecule has 112 valence electrons. The van der Waals surface area contributed by atoms with E-state index in [9.17, 15) is 9.82 Å². The van der Waals surface area contributed by atoms with E-state index in [1.165, 1.54) is 0 Å². The van der Waals surface area contributed by atoms with Crippen molar-refractivity contribution in [3.8, 4) is 0 Å². The number of nitrogens with zero attached hydrogens (tertiary/aromatic N) is 1. The molecule has 0 atom stereocenters. The van der Waals surface area contributed by atoms with Gasteiger partial charge >= 0.3 is 7.12 Å². The highest BCUT2D eigenvalue weighted by molar-refractivity contribution is 6.60. The Bertz CT molecular complexity index is 730. The van der Waals surface area contributed by atoms with Gasteiger partial charge in [0, 0.05) is 30.0 Å². The van der Waals surface area contributed by atoms with Crippen LogP contribution in [0.25, 0.3) is 0 Å². The number of benzene rings is 1. The molecule has 4 nitrogen and oxygen atoms in total. The Morgan fingerprint density at radius 2 is 2.14 bits per heavy atom. The summed E-state index contributed by atoms with van der Waals surface area (Å²) in [4.78, 5) is 16.8. The number of rotatable bonds is 3. The number of carbonyl (C=O) groups excluding carboxylic acids is 1. The highest BCUT2D eigenvalue weighted by Gasteiger charge is 2.25. The van der Waals surface area contributed by atoms with Gasteiger partial charge in [-0.15, -0.1) is 0 Å². The first-order chi connectivity index (χ1) is 10.5. The summed E-state index contributed by atoms with van der Waals surface area (Å²) < 4.78 is 5.24. The summed E-state index contributed by atoms with van der Waals surface area (Å²) in [6, 6.07) is 9.48. The van der Waals surface area contributed by atoms with E-state index in [-0.39, 0.29) is 5.78 Å². The third-order valence-corrected chi connectivity index (χ3v) is 4.01. The number of hydrogen-bond donors (Lipinski definition) is 1. The van der Waals surface area contributed by atoms with Gasteiger partial charge in [0.05, 0.1) is 0 Å². The Hall–Kier alpha value is -1.98. The first-order valence-electron chi connectivity index (χ1n) is 7.43. The van der Waals surface area contributed by atoms with Crippen molar-refractivity contribution in [2.45, 2.75) is 26.7 Å².